The SMILES string of the molecule is COc1cc(N)c(Cl)cc1C(=O)OCC(C)C. The van der Waals surface area contributed by atoms with Crippen molar-refractivity contribution in [2.75, 3.05) is 19.5 Å². The molecule has 94 valence electrons. The van der Waals surface area contributed by atoms with Crippen molar-refractivity contribution in [3.8, 4) is 5.75 Å². The summed E-state index contributed by atoms with van der Waals surface area (Å²) in [6, 6.07) is 2.96. The number of carbonyl (C=O) groups excluding carboxylic acids is 1. The van der Waals surface area contributed by atoms with E-state index in [1.807, 2.05) is 13.8 Å². The van der Waals surface area contributed by atoms with E-state index in [1.165, 1.54) is 19.2 Å². The van der Waals surface area contributed by atoms with E-state index in [2.05, 4.69) is 0 Å². The van der Waals surface area contributed by atoms with Gasteiger partial charge >= 0.3 is 5.97 Å². The van der Waals surface area contributed by atoms with E-state index in [-0.39, 0.29) is 11.5 Å². The summed E-state index contributed by atoms with van der Waals surface area (Å²) < 4.78 is 10.2. The van der Waals surface area contributed by atoms with Crippen LogP contribution in [0.4, 0.5) is 5.69 Å². The summed E-state index contributed by atoms with van der Waals surface area (Å²) in [4.78, 5) is 11.8. The van der Waals surface area contributed by atoms with Gasteiger partial charge in [0.1, 0.15) is 11.3 Å². The molecule has 0 aliphatic heterocycles. The molecule has 0 spiro atoms. The molecule has 4 nitrogen and oxygen atoms in total. The lowest BCUT2D eigenvalue weighted by Gasteiger charge is -2.11. The molecule has 0 aliphatic rings. The van der Waals surface area contributed by atoms with E-state index in [0.29, 0.717) is 23.1 Å². The highest BCUT2D eigenvalue weighted by Gasteiger charge is 2.16. The summed E-state index contributed by atoms with van der Waals surface area (Å²) in [7, 11) is 1.46. The summed E-state index contributed by atoms with van der Waals surface area (Å²) in [6.07, 6.45) is 0. The lowest BCUT2D eigenvalue weighted by atomic mass is 10.2. The van der Waals surface area contributed by atoms with Crippen molar-refractivity contribution in [1.29, 1.82) is 0 Å². The van der Waals surface area contributed by atoms with E-state index in [1.54, 1.807) is 0 Å². The predicted molar refractivity (Wildman–Crippen MR) is 67.5 cm³/mol. The van der Waals surface area contributed by atoms with Gasteiger partial charge in [-0.15, -0.1) is 0 Å². The van der Waals surface area contributed by atoms with Gasteiger partial charge in [0.2, 0.25) is 0 Å². The van der Waals surface area contributed by atoms with E-state index < -0.39 is 5.97 Å². The first-order valence-electron chi connectivity index (χ1n) is 5.25. The molecule has 0 amide bonds. The minimum atomic E-state index is -0.461. The van der Waals surface area contributed by atoms with Gasteiger partial charge in [-0.2, -0.15) is 0 Å². The van der Waals surface area contributed by atoms with Gasteiger partial charge < -0.3 is 15.2 Å². The van der Waals surface area contributed by atoms with Crippen LogP contribution in [0.3, 0.4) is 0 Å². The molecule has 0 aromatic heterocycles. The van der Waals surface area contributed by atoms with Crippen molar-refractivity contribution in [2.45, 2.75) is 13.8 Å². The molecule has 0 unspecified atom stereocenters. The maximum Gasteiger partial charge on any atom is 0.341 e. The number of anilines is 1. The summed E-state index contributed by atoms with van der Waals surface area (Å²) in [5.74, 6) is 0.173. The minimum Gasteiger partial charge on any atom is -0.496 e. The van der Waals surface area contributed by atoms with Crippen LogP contribution in [-0.2, 0) is 4.74 Å². The molecule has 1 rings (SSSR count). The first-order chi connectivity index (χ1) is 7.95. The Labute approximate surface area is 106 Å². The Morgan fingerprint density at radius 2 is 2.12 bits per heavy atom. The Kier molecular flexibility index (Phi) is 4.63. The van der Waals surface area contributed by atoms with Gasteiger partial charge in [-0.3, -0.25) is 0 Å². The third-order valence-corrected chi connectivity index (χ3v) is 2.41. The highest BCUT2D eigenvalue weighted by Crippen LogP contribution is 2.29. The average molecular weight is 258 g/mol. The normalized spacial score (nSPS) is 10.4. The largest absolute Gasteiger partial charge is 0.496 e. The molecule has 5 heteroatoms. The zero-order valence-electron chi connectivity index (χ0n) is 10.1. The number of nitrogen functional groups attached to an aromatic ring is 1. The zero-order chi connectivity index (χ0) is 13.0. The molecule has 0 radical (unpaired) electrons. The third kappa shape index (κ3) is 3.53. The smallest absolute Gasteiger partial charge is 0.341 e. The highest BCUT2D eigenvalue weighted by molar-refractivity contribution is 6.33. The van der Waals surface area contributed by atoms with E-state index in [9.17, 15) is 4.79 Å². The molecule has 17 heavy (non-hydrogen) atoms. The van der Waals surface area contributed by atoms with Crippen LogP contribution in [0.25, 0.3) is 0 Å². The molecule has 2 N–H and O–H groups in total. The molecule has 0 bridgehead atoms. The second-order valence-electron chi connectivity index (χ2n) is 4.07. The molecule has 0 atom stereocenters. The average Bonchev–Trinajstić information content (AvgIpc) is 2.28. The van der Waals surface area contributed by atoms with Crippen molar-refractivity contribution >= 4 is 23.3 Å². The highest BCUT2D eigenvalue weighted by atomic mass is 35.5. The molecule has 0 heterocycles. The van der Waals surface area contributed by atoms with Crippen LogP contribution in [0.15, 0.2) is 12.1 Å². The molecule has 0 saturated carbocycles. The standard InChI is InChI=1S/C12H16ClNO3/c1-7(2)6-17-12(15)8-4-9(13)10(14)5-11(8)16-3/h4-5,7H,6,14H2,1-3H3. The van der Waals surface area contributed by atoms with Gasteiger partial charge in [-0.05, 0) is 12.0 Å². The molecule has 0 fully saturated rings. The molecule has 1 aromatic carbocycles. The lowest BCUT2D eigenvalue weighted by molar-refractivity contribution is 0.0455. The van der Waals surface area contributed by atoms with Crippen molar-refractivity contribution in [3.05, 3.63) is 22.7 Å². The number of ether oxygens (including phenoxy) is 2. The Bertz CT molecular complexity index is 418. The van der Waals surface area contributed by atoms with Crippen LogP contribution in [-0.4, -0.2) is 19.7 Å². The van der Waals surface area contributed by atoms with Crippen LogP contribution >= 0.6 is 11.6 Å². The summed E-state index contributed by atoms with van der Waals surface area (Å²) in [5.41, 5.74) is 6.27. The fourth-order valence-electron chi connectivity index (χ4n) is 1.22. The molecule has 1 aromatic rings. The molecule has 0 aliphatic carbocycles. The molecular weight excluding hydrogens is 242 g/mol. The van der Waals surface area contributed by atoms with Gasteiger partial charge in [-0.1, -0.05) is 25.4 Å². The fraction of sp³-hybridized carbons (Fsp3) is 0.417. The number of hydrogen-bond acceptors (Lipinski definition) is 4. The van der Waals surface area contributed by atoms with Crippen molar-refractivity contribution in [1.82, 2.24) is 0 Å². The van der Waals surface area contributed by atoms with Crippen molar-refractivity contribution in [3.63, 3.8) is 0 Å². The van der Waals surface area contributed by atoms with Crippen LogP contribution in [0, 0.1) is 5.92 Å². The lowest BCUT2D eigenvalue weighted by Crippen LogP contribution is -2.11. The van der Waals surface area contributed by atoms with Gasteiger partial charge in [0, 0.05) is 6.07 Å². The Hall–Kier alpha value is -1.42. The Morgan fingerprint density at radius 3 is 2.65 bits per heavy atom. The maximum absolute atomic E-state index is 11.8. The van der Waals surface area contributed by atoms with Gasteiger partial charge in [0.15, 0.2) is 0 Å². The van der Waals surface area contributed by atoms with E-state index in [4.69, 9.17) is 26.8 Å². The first-order valence-corrected chi connectivity index (χ1v) is 5.63. The second kappa shape index (κ2) is 5.77. The van der Waals surface area contributed by atoms with E-state index in [0.717, 1.165) is 0 Å². The number of rotatable bonds is 4. The van der Waals surface area contributed by atoms with Crippen LogP contribution < -0.4 is 10.5 Å². The van der Waals surface area contributed by atoms with E-state index >= 15 is 0 Å². The zero-order valence-corrected chi connectivity index (χ0v) is 10.9. The van der Waals surface area contributed by atoms with Gasteiger partial charge in [-0.25, -0.2) is 4.79 Å². The van der Waals surface area contributed by atoms with Gasteiger partial charge in [0.05, 0.1) is 24.4 Å². The summed E-state index contributed by atoms with van der Waals surface area (Å²) in [5, 5.41) is 0.308. The number of benzene rings is 1. The number of methoxy groups -OCH3 is 1. The van der Waals surface area contributed by atoms with Crippen molar-refractivity contribution < 1.29 is 14.3 Å². The van der Waals surface area contributed by atoms with Crippen LogP contribution in [0.5, 0.6) is 5.75 Å². The quantitative estimate of drug-likeness (QED) is 0.666. The fourth-order valence-corrected chi connectivity index (χ4v) is 1.38. The maximum atomic E-state index is 11.8. The summed E-state index contributed by atoms with van der Waals surface area (Å²) >= 11 is 5.86. The van der Waals surface area contributed by atoms with Crippen LogP contribution in [0.1, 0.15) is 24.2 Å². The Balaban J connectivity index is 2.96. The topological polar surface area (TPSA) is 61.5 Å². The van der Waals surface area contributed by atoms with Crippen molar-refractivity contribution in [2.24, 2.45) is 5.92 Å². The minimum absolute atomic E-state index is 0.272. The molecular formula is C12H16ClNO3. The van der Waals surface area contributed by atoms with Crippen LogP contribution in [0.2, 0.25) is 5.02 Å². The number of hydrogen-bond donors (Lipinski definition) is 1. The Morgan fingerprint density at radius 1 is 1.47 bits per heavy atom. The molecule has 0 saturated heterocycles. The third-order valence-electron chi connectivity index (χ3n) is 2.09. The number of carbonyl (C=O) groups is 1. The summed E-state index contributed by atoms with van der Waals surface area (Å²) in [6.45, 7) is 4.27. The number of halogens is 1. The number of nitrogens with two attached hydrogens (primary N) is 1. The second-order valence-corrected chi connectivity index (χ2v) is 4.47. The predicted octanol–water partition coefficient (Wildman–Crippen LogP) is 2.74. The number of esters is 1. The van der Waals surface area contributed by atoms with Gasteiger partial charge in [0.25, 0.3) is 0 Å². The first kappa shape index (κ1) is 13.6. The monoisotopic (exact) mass is 257 g/mol.